The van der Waals surface area contributed by atoms with Crippen molar-refractivity contribution in [1.82, 2.24) is 0 Å². The minimum absolute atomic E-state index is 0.159. The van der Waals surface area contributed by atoms with E-state index in [1.807, 2.05) is 20.8 Å². The van der Waals surface area contributed by atoms with Crippen molar-refractivity contribution in [1.29, 1.82) is 0 Å². The predicted octanol–water partition coefficient (Wildman–Crippen LogP) is 3.72. The Labute approximate surface area is 106 Å². The largest absolute Gasteiger partial charge is 0.435 e. The smallest absolute Gasteiger partial charge is 0.387 e. The second kappa shape index (κ2) is 6.47. The molecular formula is C14H18F2O2. The van der Waals surface area contributed by atoms with E-state index in [1.54, 1.807) is 12.1 Å². The average molecular weight is 256 g/mol. The molecule has 1 aromatic carbocycles. The van der Waals surface area contributed by atoms with Crippen LogP contribution >= 0.6 is 0 Å². The third kappa shape index (κ3) is 3.52. The number of carbonyl (C=O) groups is 1. The highest BCUT2D eigenvalue weighted by Crippen LogP contribution is 2.29. The van der Waals surface area contributed by atoms with E-state index >= 15 is 0 Å². The lowest BCUT2D eigenvalue weighted by molar-refractivity contribution is -0.107. The molecule has 1 rings (SSSR count). The summed E-state index contributed by atoms with van der Waals surface area (Å²) in [5.74, 6) is 0.326. The Morgan fingerprint density at radius 2 is 2.00 bits per heavy atom. The number of aryl methyl sites for hydroxylation is 1. The first-order valence-electron chi connectivity index (χ1n) is 6.03. The monoisotopic (exact) mass is 256 g/mol. The molecule has 0 saturated carbocycles. The molecule has 0 N–H and O–H groups in total. The molecule has 0 bridgehead atoms. The molecule has 0 spiro atoms. The summed E-state index contributed by atoms with van der Waals surface area (Å²) in [5.41, 5.74) is 2.73. The lowest BCUT2D eigenvalue weighted by atomic mass is 9.90. The van der Waals surface area contributed by atoms with E-state index in [-0.39, 0.29) is 11.7 Å². The molecule has 18 heavy (non-hydrogen) atoms. The highest BCUT2D eigenvalue weighted by Gasteiger charge is 2.14. The summed E-state index contributed by atoms with van der Waals surface area (Å²) in [6.07, 6.45) is 1.84. The van der Waals surface area contributed by atoms with E-state index < -0.39 is 6.61 Å². The van der Waals surface area contributed by atoms with Crippen molar-refractivity contribution < 1.29 is 18.3 Å². The summed E-state index contributed by atoms with van der Waals surface area (Å²) in [6, 6.07) is 3.20. The highest BCUT2D eigenvalue weighted by atomic mass is 19.3. The van der Waals surface area contributed by atoms with Gasteiger partial charge in [0.15, 0.2) is 0 Å². The zero-order chi connectivity index (χ0) is 13.7. The van der Waals surface area contributed by atoms with Gasteiger partial charge >= 0.3 is 6.61 Å². The van der Waals surface area contributed by atoms with Gasteiger partial charge in [0, 0.05) is 6.42 Å². The molecule has 1 aromatic rings. The van der Waals surface area contributed by atoms with Crippen molar-refractivity contribution >= 4 is 6.29 Å². The third-order valence-corrected chi connectivity index (χ3v) is 2.87. The molecule has 0 aliphatic carbocycles. The average Bonchev–Trinajstić information content (AvgIpc) is 2.29. The van der Waals surface area contributed by atoms with E-state index in [0.29, 0.717) is 12.8 Å². The minimum atomic E-state index is -2.83. The molecule has 100 valence electrons. The van der Waals surface area contributed by atoms with Crippen molar-refractivity contribution in [3.63, 3.8) is 0 Å². The van der Waals surface area contributed by atoms with Gasteiger partial charge in [-0.05, 0) is 41.2 Å². The van der Waals surface area contributed by atoms with Gasteiger partial charge in [-0.3, -0.25) is 0 Å². The van der Waals surface area contributed by atoms with Gasteiger partial charge in [-0.15, -0.1) is 0 Å². The molecule has 0 atom stereocenters. The Kier molecular flexibility index (Phi) is 5.25. The molecule has 0 radical (unpaired) electrons. The molecule has 0 saturated heterocycles. The van der Waals surface area contributed by atoms with Crippen LogP contribution in [0.5, 0.6) is 5.75 Å². The summed E-state index contributed by atoms with van der Waals surface area (Å²) < 4.78 is 29.0. The number of ether oxygens (including phenoxy) is 1. The van der Waals surface area contributed by atoms with Gasteiger partial charge < -0.3 is 9.53 Å². The third-order valence-electron chi connectivity index (χ3n) is 2.87. The van der Waals surface area contributed by atoms with Crippen LogP contribution in [0.2, 0.25) is 0 Å². The number of carbonyl (C=O) groups excluding carboxylic acids is 1. The topological polar surface area (TPSA) is 26.3 Å². The first-order chi connectivity index (χ1) is 8.49. The fourth-order valence-corrected chi connectivity index (χ4v) is 2.06. The number of hydrogen-bond acceptors (Lipinski definition) is 2. The van der Waals surface area contributed by atoms with Crippen LogP contribution in [-0.4, -0.2) is 12.9 Å². The van der Waals surface area contributed by atoms with E-state index in [2.05, 4.69) is 4.74 Å². The van der Waals surface area contributed by atoms with E-state index in [9.17, 15) is 13.6 Å². The Morgan fingerprint density at radius 1 is 1.33 bits per heavy atom. The Bertz CT molecular complexity index is 415. The fourth-order valence-electron chi connectivity index (χ4n) is 2.06. The number of alkyl halides is 2. The van der Waals surface area contributed by atoms with E-state index in [0.717, 1.165) is 23.0 Å². The number of rotatable bonds is 6. The number of aldehydes is 1. The highest BCUT2D eigenvalue weighted by molar-refractivity contribution is 5.59. The summed E-state index contributed by atoms with van der Waals surface area (Å²) in [7, 11) is 0. The van der Waals surface area contributed by atoms with Crippen molar-refractivity contribution in [2.24, 2.45) is 0 Å². The van der Waals surface area contributed by atoms with Gasteiger partial charge in [0.25, 0.3) is 0 Å². The molecule has 0 aliphatic rings. The number of benzene rings is 1. The summed E-state index contributed by atoms with van der Waals surface area (Å²) >= 11 is 0. The van der Waals surface area contributed by atoms with Crippen LogP contribution in [0.25, 0.3) is 0 Å². The maximum absolute atomic E-state index is 12.3. The molecule has 4 heteroatoms. The minimum Gasteiger partial charge on any atom is -0.435 e. The van der Waals surface area contributed by atoms with Crippen molar-refractivity contribution in [2.45, 2.75) is 46.1 Å². The zero-order valence-corrected chi connectivity index (χ0v) is 10.9. The van der Waals surface area contributed by atoms with Gasteiger partial charge in [-0.25, -0.2) is 0 Å². The Hall–Kier alpha value is -1.45. The van der Waals surface area contributed by atoms with Crippen LogP contribution in [0.15, 0.2) is 12.1 Å². The first kappa shape index (κ1) is 14.6. The SMILES string of the molecule is CCc1cc(OC(F)F)cc(C(C)C)c1CC=O. The van der Waals surface area contributed by atoms with Gasteiger partial charge in [-0.1, -0.05) is 20.8 Å². The molecule has 0 unspecified atom stereocenters. The molecule has 0 aromatic heterocycles. The van der Waals surface area contributed by atoms with Crippen LogP contribution in [0.1, 0.15) is 43.4 Å². The lowest BCUT2D eigenvalue weighted by Gasteiger charge is -2.17. The normalized spacial score (nSPS) is 11.1. The maximum atomic E-state index is 12.3. The van der Waals surface area contributed by atoms with Crippen molar-refractivity contribution in [3.05, 3.63) is 28.8 Å². The van der Waals surface area contributed by atoms with Crippen molar-refractivity contribution in [3.8, 4) is 5.75 Å². The van der Waals surface area contributed by atoms with Crippen molar-refractivity contribution in [2.75, 3.05) is 0 Å². The molecule has 2 nitrogen and oxygen atoms in total. The molecular weight excluding hydrogens is 238 g/mol. The molecule has 0 heterocycles. The van der Waals surface area contributed by atoms with Gasteiger partial charge in [0.05, 0.1) is 0 Å². The van der Waals surface area contributed by atoms with Crippen LogP contribution < -0.4 is 4.74 Å². The fraction of sp³-hybridized carbons (Fsp3) is 0.500. The van der Waals surface area contributed by atoms with Gasteiger partial charge in [-0.2, -0.15) is 8.78 Å². The lowest BCUT2D eigenvalue weighted by Crippen LogP contribution is -2.07. The second-order valence-electron chi connectivity index (χ2n) is 4.41. The summed E-state index contributed by atoms with van der Waals surface area (Å²) in [6.45, 7) is 3.04. The standard InChI is InChI=1S/C14H18F2O2/c1-4-10-7-11(18-14(15)16)8-13(9(2)3)12(10)5-6-17/h6-9,14H,4-5H2,1-3H3. The first-order valence-corrected chi connectivity index (χ1v) is 6.03. The second-order valence-corrected chi connectivity index (χ2v) is 4.41. The number of halogens is 2. The zero-order valence-electron chi connectivity index (χ0n) is 10.9. The van der Waals surface area contributed by atoms with Gasteiger partial charge in [0.1, 0.15) is 12.0 Å². The molecule has 0 aliphatic heterocycles. The predicted molar refractivity (Wildman–Crippen MR) is 66.3 cm³/mol. The maximum Gasteiger partial charge on any atom is 0.387 e. The summed E-state index contributed by atoms with van der Waals surface area (Å²) in [4.78, 5) is 10.7. The summed E-state index contributed by atoms with van der Waals surface area (Å²) in [5, 5.41) is 0. The van der Waals surface area contributed by atoms with E-state index in [1.165, 1.54) is 0 Å². The quantitative estimate of drug-likeness (QED) is 0.725. The van der Waals surface area contributed by atoms with E-state index in [4.69, 9.17) is 0 Å². The van der Waals surface area contributed by atoms with Crippen LogP contribution in [0.4, 0.5) is 8.78 Å². The Balaban J connectivity index is 3.28. The molecule has 0 amide bonds. The van der Waals surface area contributed by atoms with Crippen LogP contribution in [0, 0.1) is 0 Å². The van der Waals surface area contributed by atoms with Gasteiger partial charge in [0.2, 0.25) is 0 Å². The molecule has 0 fully saturated rings. The van der Waals surface area contributed by atoms with Crippen LogP contribution in [-0.2, 0) is 17.6 Å². The van der Waals surface area contributed by atoms with Crippen LogP contribution in [0.3, 0.4) is 0 Å². The number of hydrogen-bond donors (Lipinski definition) is 0. The Morgan fingerprint density at radius 3 is 2.44 bits per heavy atom.